The molecule has 0 aromatic heterocycles. The SMILES string of the molecule is COc1ccc(CNC(=O)Nc2ccc([N+](=O)[O-])cc2)cc1OC. The largest absolute Gasteiger partial charge is 0.493 e. The highest BCUT2D eigenvalue weighted by atomic mass is 16.6. The number of rotatable bonds is 6. The van der Waals surface area contributed by atoms with Gasteiger partial charge >= 0.3 is 6.03 Å². The second kappa shape index (κ2) is 7.82. The fourth-order valence-corrected chi connectivity index (χ4v) is 2.01. The molecule has 2 aromatic rings. The lowest BCUT2D eigenvalue weighted by Gasteiger charge is -2.11. The van der Waals surface area contributed by atoms with E-state index in [1.807, 2.05) is 6.07 Å². The number of carbonyl (C=O) groups excluding carboxylic acids is 1. The summed E-state index contributed by atoms with van der Waals surface area (Å²) >= 11 is 0. The van der Waals surface area contributed by atoms with Crippen molar-refractivity contribution in [3.8, 4) is 11.5 Å². The summed E-state index contributed by atoms with van der Waals surface area (Å²) in [5, 5.41) is 15.9. The number of methoxy groups -OCH3 is 2. The average molecular weight is 331 g/mol. The highest BCUT2D eigenvalue weighted by molar-refractivity contribution is 5.89. The van der Waals surface area contributed by atoms with Crippen LogP contribution >= 0.6 is 0 Å². The van der Waals surface area contributed by atoms with Gasteiger partial charge in [-0.2, -0.15) is 0 Å². The number of nitrogens with one attached hydrogen (secondary N) is 2. The van der Waals surface area contributed by atoms with Crippen molar-refractivity contribution in [1.82, 2.24) is 5.32 Å². The van der Waals surface area contributed by atoms with Crippen LogP contribution in [-0.4, -0.2) is 25.2 Å². The molecule has 24 heavy (non-hydrogen) atoms. The summed E-state index contributed by atoms with van der Waals surface area (Å²) in [7, 11) is 3.09. The molecular weight excluding hydrogens is 314 g/mol. The van der Waals surface area contributed by atoms with Gasteiger partial charge in [0, 0.05) is 24.4 Å². The van der Waals surface area contributed by atoms with Gasteiger partial charge in [-0.25, -0.2) is 4.79 Å². The van der Waals surface area contributed by atoms with E-state index in [1.54, 1.807) is 19.2 Å². The molecule has 0 heterocycles. The number of nitro groups is 1. The second-order valence-corrected chi connectivity index (χ2v) is 4.80. The predicted molar refractivity (Wildman–Crippen MR) is 88.5 cm³/mol. The van der Waals surface area contributed by atoms with E-state index in [0.717, 1.165) is 5.56 Å². The maximum atomic E-state index is 11.9. The van der Waals surface area contributed by atoms with E-state index in [9.17, 15) is 14.9 Å². The van der Waals surface area contributed by atoms with E-state index in [-0.39, 0.29) is 5.69 Å². The maximum Gasteiger partial charge on any atom is 0.319 e. The molecule has 0 saturated heterocycles. The van der Waals surface area contributed by atoms with Crippen LogP contribution in [0.5, 0.6) is 11.5 Å². The van der Waals surface area contributed by atoms with Crippen molar-refractivity contribution in [1.29, 1.82) is 0 Å². The minimum Gasteiger partial charge on any atom is -0.493 e. The highest BCUT2D eigenvalue weighted by Gasteiger charge is 2.08. The number of urea groups is 1. The Kier molecular flexibility index (Phi) is 5.56. The van der Waals surface area contributed by atoms with Crippen LogP contribution in [0.3, 0.4) is 0 Å². The molecule has 0 spiro atoms. The molecule has 0 radical (unpaired) electrons. The first-order valence-corrected chi connectivity index (χ1v) is 7.03. The van der Waals surface area contributed by atoms with Gasteiger partial charge in [0.25, 0.3) is 5.69 Å². The lowest BCUT2D eigenvalue weighted by atomic mass is 10.2. The van der Waals surface area contributed by atoms with Crippen molar-refractivity contribution in [3.05, 3.63) is 58.1 Å². The Morgan fingerprint density at radius 2 is 1.75 bits per heavy atom. The van der Waals surface area contributed by atoms with Gasteiger partial charge in [-0.1, -0.05) is 6.07 Å². The third-order valence-electron chi connectivity index (χ3n) is 3.24. The molecule has 0 unspecified atom stereocenters. The van der Waals surface area contributed by atoms with Crippen LogP contribution in [0.1, 0.15) is 5.56 Å². The van der Waals surface area contributed by atoms with E-state index in [2.05, 4.69) is 10.6 Å². The number of nitro benzene ring substituents is 1. The van der Waals surface area contributed by atoms with E-state index in [1.165, 1.54) is 31.4 Å². The van der Waals surface area contributed by atoms with Gasteiger partial charge in [0.15, 0.2) is 11.5 Å². The van der Waals surface area contributed by atoms with Crippen molar-refractivity contribution in [3.63, 3.8) is 0 Å². The van der Waals surface area contributed by atoms with Gasteiger partial charge in [0.1, 0.15) is 0 Å². The second-order valence-electron chi connectivity index (χ2n) is 4.80. The van der Waals surface area contributed by atoms with Gasteiger partial charge < -0.3 is 20.1 Å². The van der Waals surface area contributed by atoms with Crippen LogP contribution in [0.4, 0.5) is 16.2 Å². The molecule has 126 valence electrons. The fraction of sp³-hybridized carbons (Fsp3) is 0.188. The smallest absolute Gasteiger partial charge is 0.319 e. The van der Waals surface area contributed by atoms with Crippen molar-refractivity contribution < 1.29 is 19.2 Å². The van der Waals surface area contributed by atoms with Gasteiger partial charge in [0.05, 0.1) is 19.1 Å². The first-order chi connectivity index (χ1) is 11.5. The molecule has 8 nitrogen and oxygen atoms in total. The summed E-state index contributed by atoms with van der Waals surface area (Å²) in [5.41, 5.74) is 1.27. The summed E-state index contributed by atoms with van der Waals surface area (Å²) < 4.78 is 10.4. The molecule has 0 saturated carbocycles. The molecule has 0 atom stereocenters. The van der Waals surface area contributed by atoms with Crippen LogP contribution in [-0.2, 0) is 6.54 Å². The maximum absolute atomic E-state index is 11.9. The number of anilines is 1. The minimum absolute atomic E-state index is 0.0358. The average Bonchev–Trinajstić information content (AvgIpc) is 2.60. The van der Waals surface area contributed by atoms with Crippen molar-refractivity contribution in [2.75, 3.05) is 19.5 Å². The Labute approximate surface area is 138 Å². The molecule has 0 aliphatic rings. The molecule has 8 heteroatoms. The molecule has 2 N–H and O–H groups in total. The molecule has 2 amide bonds. The zero-order valence-electron chi connectivity index (χ0n) is 13.2. The van der Waals surface area contributed by atoms with Crippen molar-refractivity contribution in [2.24, 2.45) is 0 Å². The van der Waals surface area contributed by atoms with Gasteiger partial charge in [-0.15, -0.1) is 0 Å². The van der Waals surface area contributed by atoms with Gasteiger partial charge in [-0.3, -0.25) is 10.1 Å². The summed E-state index contributed by atoms with van der Waals surface area (Å²) in [5.74, 6) is 1.18. The standard InChI is InChI=1S/C16H17N3O5/c1-23-14-8-3-11(9-15(14)24-2)10-17-16(20)18-12-4-6-13(7-5-12)19(21)22/h3-9H,10H2,1-2H3,(H2,17,18,20). The molecule has 2 rings (SSSR count). The molecule has 2 aromatic carbocycles. The molecule has 0 fully saturated rings. The molecule has 0 aliphatic heterocycles. The number of hydrogen-bond acceptors (Lipinski definition) is 5. The van der Waals surface area contributed by atoms with E-state index >= 15 is 0 Å². The number of ether oxygens (including phenoxy) is 2. The first-order valence-electron chi connectivity index (χ1n) is 7.03. The van der Waals surface area contributed by atoms with E-state index in [4.69, 9.17) is 9.47 Å². The monoisotopic (exact) mass is 331 g/mol. The number of nitrogens with zero attached hydrogens (tertiary/aromatic N) is 1. The van der Waals surface area contributed by atoms with E-state index < -0.39 is 11.0 Å². The summed E-state index contributed by atoms with van der Waals surface area (Å²) in [4.78, 5) is 21.9. The van der Waals surface area contributed by atoms with E-state index in [0.29, 0.717) is 23.7 Å². The fourth-order valence-electron chi connectivity index (χ4n) is 2.01. The third kappa shape index (κ3) is 4.35. The predicted octanol–water partition coefficient (Wildman–Crippen LogP) is 2.93. The number of amides is 2. The topological polar surface area (TPSA) is 103 Å². The number of hydrogen-bond donors (Lipinski definition) is 2. The Bertz CT molecular complexity index is 731. The summed E-state index contributed by atoms with van der Waals surface area (Å²) in [6, 6.07) is 10.5. The van der Waals surface area contributed by atoms with Crippen LogP contribution in [0.25, 0.3) is 0 Å². The normalized spacial score (nSPS) is 9.92. The zero-order valence-corrected chi connectivity index (χ0v) is 13.2. The number of benzene rings is 2. The van der Waals surface area contributed by atoms with Gasteiger partial charge in [0.2, 0.25) is 0 Å². The van der Waals surface area contributed by atoms with Crippen LogP contribution in [0.15, 0.2) is 42.5 Å². The quantitative estimate of drug-likeness (QED) is 0.626. The zero-order chi connectivity index (χ0) is 17.5. The summed E-state index contributed by atoms with van der Waals surface area (Å²) in [6.45, 7) is 0.291. The van der Waals surface area contributed by atoms with Crippen LogP contribution in [0.2, 0.25) is 0 Å². The lowest BCUT2D eigenvalue weighted by molar-refractivity contribution is -0.384. The highest BCUT2D eigenvalue weighted by Crippen LogP contribution is 2.27. The van der Waals surface area contributed by atoms with Crippen molar-refractivity contribution >= 4 is 17.4 Å². The Balaban J connectivity index is 1.92. The van der Waals surface area contributed by atoms with Gasteiger partial charge in [-0.05, 0) is 29.8 Å². The summed E-state index contributed by atoms with van der Waals surface area (Å²) in [6.07, 6.45) is 0. The first kappa shape index (κ1) is 17.1. The number of carbonyl (C=O) groups is 1. The molecular formula is C16H17N3O5. The Hall–Kier alpha value is -3.29. The Morgan fingerprint density at radius 1 is 1.08 bits per heavy atom. The number of non-ortho nitro benzene ring substituents is 1. The van der Waals surface area contributed by atoms with Crippen molar-refractivity contribution in [2.45, 2.75) is 6.54 Å². The van der Waals surface area contributed by atoms with Crippen LogP contribution < -0.4 is 20.1 Å². The lowest BCUT2D eigenvalue weighted by Crippen LogP contribution is -2.28. The minimum atomic E-state index is -0.499. The third-order valence-corrected chi connectivity index (χ3v) is 3.24. The van der Waals surface area contributed by atoms with Crippen LogP contribution in [0, 0.1) is 10.1 Å². The molecule has 0 aliphatic carbocycles. The Morgan fingerprint density at radius 3 is 2.33 bits per heavy atom. The molecule has 0 bridgehead atoms.